The molecule has 0 atom stereocenters. The lowest BCUT2D eigenvalue weighted by molar-refractivity contribution is -0.129. The fourth-order valence-electron chi connectivity index (χ4n) is 2.55. The van der Waals surface area contributed by atoms with E-state index in [4.69, 9.17) is 0 Å². The number of carbonyl (C=O) groups is 1. The van der Waals surface area contributed by atoms with Gasteiger partial charge in [0.2, 0.25) is 5.91 Å². The molecule has 0 unspecified atom stereocenters. The minimum Gasteiger partial charge on any atom is -0.374 e. The lowest BCUT2D eigenvalue weighted by atomic mass is 10.1. The molecule has 0 saturated carbocycles. The van der Waals surface area contributed by atoms with Gasteiger partial charge in [0.25, 0.3) is 5.56 Å². The molecule has 130 valence electrons. The highest BCUT2D eigenvalue weighted by Crippen LogP contribution is 2.19. The Balaban J connectivity index is 1.61. The van der Waals surface area contributed by atoms with E-state index in [1.54, 1.807) is 41.6 Å². The fraction of sp³-hybridized carbons (Fsp3) is 0.294. The van der Waals surface area contributed by atoms with Gasteiger partial charge in [0.1, 0.15) is 12.0 Å². The van der Waals surface area contributed by atoms with E-state index in [-0.39, 0.29) is 17.5 Å². The molecule has 0 bridgehead atoms. The summed E-state index contributed by atoms with van der Waals surface area (Å²) in [6.45, 7) is 1.80. The van der Waals surface area contributed by atoms with Crippen LogP contribution in [0.5, 0.6) is 0 Å². The van der Waals surface area contributed by atoms with Crippen LogP contribution in [0, 0.1) is 0 Å². The summed E-state index contributed by atoms with van der Waals surface area (Å²) in [6.07, 6.45) is 8.09. The number of hydrogen-bond donors (Lipinski definition) is 3. The van der Waals surface area contributed by atoms with Crippen molar-refractivity contribution in [2.75, 3.05) is 32.0 Å². The van der Waals surface area contributed by atoms with Crippen molar-refractivity contribution < 1.29 is 4.79 Å². The molecule has 1 fully saturated rings. The molecule has 3 N–H and O–H groups in total. The summed E-state index contributed by atoms with van der Waals surface area (Å²) in [7, 11) is 1.82. The Bertz CT molecular complexity index is 811. The average molecular weight is 340 g/mol. The van der Waals surface area contributed by atoms with Gasteiger partial charge in [-0.1, -0.05) is 6.08 Å². The van der Waals surface area contributed by atoms with Gasteiger partial charge in [-0.3, -0.25) is 9.59 Å². The number of amides is 1. The molecule has 0 aromatic carbocycles. The summed E-state index contributed by atoms with van der Waals surface area (Å²) in [5.41, 5.74) is 1.80. The molecular weight excluding hydrogens is 320 g/mol. The van der Waals surface area contributed by atoms with E-state index in [9.17, 15) is 9.59 Å². The third kappa shape index (κ3) is 4.10. The molecule has 2 aromatic rings. The number of likely N-dealkylation sites (N-methyl/N-ethyl adjacent to an activating group) is 1. The van der Waals surface area contributed by atoms with Crippen molar-refractivity contribution in [1.82, 2.24) is 25.2 Å². The molecule has 1 amide bonds. The van der Waals surface area contributed by atoms with Crippen LogP contribution in [0.4, 0.5) is 5.69 Å². The van der Waals surface area contributed by atoms with Crippen LogP contribution in [0.1, 0.15) is 0 Å². The van der Waals surface area contributed by atoms with Crippen LogP contribution in [0.15, 0.2) is 47.8 Å². The van der Waals surface area contributed by atoms with Gasteiger partial charge in [-0.05, 0) is 19.2 Å². The second kappa shape index (κ2) is 7.71. The van der Waals surface area contributed by atoms with Crippen LogP contribution in [-0.2, 0) is 4.79 Å². The molecule has 3 heterocycles. The summed E-state index contributed by atoms with van der Waals surface area (Å²) in [6, 6.07) is 3.60. The number of rotatable bonds is 6. The standard InChI is InChI=1S/C17H20N6O2/c1-18-5-2-3-16(24)23-9-13(10-23)22-15-7-12(8-20-17(15)25)14-4-6-19-11-21-14/h2-4,6-8,11,13,18,22H,5,9-10H2,1H3,(H,20,25). The Kier molecular flexibility index (Phi) is 5.20. The third-order valence-corrected chi connectivity index (χ3v) is 3.92. The highest BCUT2D eigenvalue weighted by atomic mass is 16.2. The van der Waals surface area contributed by atoms with Crippen molar-refractivity contribution >= 4 is 11.6 Å². The minimum absolute atomic E-state index is 0.0167. The van der Waals surface area contributed by atoms with Gasteiger partial charge in [0, 0.05) is 43.7 Å². The second-order valence-electron chi connectivity index (χ2n) is 5.77. The zero-order valence-corrected chi connectivity index (χ0v) is 13.9. The van der Waals surface area contributed by atoms with Crippen LogP contribution in [-0.4, -0.2) is 58.5 Å². The van der Waals surface area contributed by atoms with Gasteiger partial charge in [-0.25, -0.2) is 9.97 Å². The third-order valence-electron chi connectivity index (χ3n) is 3.92. The van der Waals surface area contributed by atoms with Crippen molar-refractivity contribution in [2.24, 2.45) is 0 Å². The van der Waals surface area contributed by atoms with Gasteiger partial charge in [-0.15, -0.1) is 0 Å². The Morgan fingerprint density at radius 1 is 1.48 bits per heavy atom. The van der Waals surface area contributed by atoms with Gasteiger partial charge in [-0.2, -0.15) is 0 Å². The van der Waals surface area contributed by atoms with E-state index < -0.39 is 0 Å². The SMILES string of the molecule is CNCC=CC(=O)N1CC(Nc2cc(-c3ccncn3)c[nH]c2=O)C1. The summed E-state index contributed by atoms with van der Waals surface area (Å²) in [5.74, 6) is -0.0167. The molecule has 0 radical (unpaired) electrons. The average Bonchev–Trinajstić information content (AvgIpc) is 2.60. The predicted molar refractivity (Wildman–Crippen MR) is 95.1 cm³/mol. The van der Waals surface area contributed by atoms with Crippen molar-refractivity contribution in [2.45, 2.75) is 6.04 Å². The molecule has 2 aromatic heterocycles. The first-order valence-electron chi connectivity index (χ1n) is 8.03. The largest absolute Gasteiger partial charge is 0.374 e. The second-order valence-corrected chi connectivity index (χ2v) is 5.77. The number of anilines is 1. The summed E-state index contributed by atoms with van der Waals surface area (Å²) in [4.78, 5) is 36.4. The Hall–Kier alpha value is -3.00. The van der Waals surface area contributed by atoms with Crippen LogP contribution >= 0.6 is 0 Å². The van der Waals surface area contributed by atoms with Crippen LogP contribution in [0.2, 0.25) is 0 Å². The van der Waals surface area contributed by atoms with E-state index in [1.807, 2.05) is 7.05 Å². The minimum atomic E-state index is -0.198. The molecule has 8 nitrogen and oxygen atoms in total. The lowest BCUT2D eigenvalue weighted by Gasteiger charge is -2.39. The lowest BCUT2D eigenvalue weighted by Crippen LogP contribution is -2.57. The van der Waals surface area contributed by atoms with Crippen LogP contribution < -0.4 is 16.2 Å². The number of nitrogens with one attached hydrogen (secondary N) is 3. The topological polar surface area (TPSA) is 103 Å². The Morgan fingerprint density at radius 2 is 2.32 bits per heavy atom. The number of likely N-dealkylation sites (tertiary alicyclic amines) is 1. The first-order valence-corrected chi connectivity index (χ1v) is 8.03. The first kappa shape index (κ1) is 16.8. The highest BCUT2D eigenvalue weighted by Gasteiger charge is 2.29. The normalized spacial score (nSPS) is 14.5. The van der Waals surface area contributed by atoms with Crippen LogP contribution in [0.3, 0.4) is 0 Å². The monoisotopic (exact) mass is 340 g/mol. The zero-order chi connectivity index (χ0) is 17.6. The Labute approximate surface area is 145 Å². The molecule has 0 aliphatic carbocycles. The molecule has 1 aliphatic rings. The zero-order valence-electron chi connectivity index (χ0n) is 13.9. The molecule has 3 rings (SSSR count). The van der Waals surface area contributed by atoms with Gasteiger partial charge in [0.05, 0.1) is 11.7 Å². The predicted octanol–water partition coefficient (Wildman–Crippen LogP) is 0.230. The number of aromatic amines is 1. The van der Waals surface area contributed by atoms with Crippen molar-refractivity contribution in [3.05, 3.63) is 53.4 Å². The van der Waals surface area contributed by atoms with Crippen molar-refractivity contribution in [3.8, 4) is 11.3 Å². The van der Waals surface area contributed by atoms with Crippen LogP contribution in [0.25, 0.3) is 11.3 Å². The molecule has 1 saturated heterocycles. The summed E-state index contributed by atoms with van der Waals surface area (Å²) in [5, 5.41) is 6.14. The van der Waals surface area contributed by atoms with E-state index >= 15 is 0 Å². The highest BCUT2D eigenvalue weighted by molar-refractivity contribution is 5.88. The quantitative estimate of drug-likeness (QED) is 0.651. The fourth-order valence-corrected chi connectivity index (χ4v) is 2.55. The number of hydrogen-bond acceptors (Lipinski definition) is 6. The molecule has 25 heavy (non-hydrogen) atoms. The van der Waals surface area contributed by atoms with E-state index in [1.165, 1.54) is 6.33 Å². The number of aromatic nitrogens is 3. The van der Waals surface area contributed by atoms with Gasteiger partial charge in [0.15, 0.2) is 0 Å². The van der Waals surface area contributed by atoms with Crippen molar-refractivity contribution in [3.63, 3.8) is 0 Å². The van der Waals surface area contributed by atoms with E-state index in [0.717, 1.165) is 11.3 Å². The van der Waals surface area contributed by atoms with Crippen molar-refractivity contribution in [1.29, 1.82) is 0 Å². The summed E-state index contributed by atoms with van der Waals surface area (Å²) >= 11 is 0. The maximum atomic E-state index is 12.0. The number of nitrogens with zero attached hydrogens (tertiary/aromatic N) is 3. The Morgan fingerprint density at radius 3 is 3.04 bits per heavy atom. The summed E-state index contributed by atoms with van der Waals surface area (Å²) < 4.78 is 0. The maximum Gasteiger partial charge on any atom is 0.271 e. The number of pyridine rings is 1. The van der Waals surface area contributed by atoms with Gasteiger partial charge >= 0.3 is 0 Å². The first-order chi connectivity index (χ1) is 12.2. The molecule has 8 heteroatoms. The maximum absolute atomic E-state index is 12.0. The van der Waals surface area contributed by atoms with E-state index in [2.05, 4.69) is 25.6 Å². The van der Waals surface area contributed by atoms with E-state index in [0.29, 0.717) is 25.3 Å². The van der Waals surface area contributed by atoms with Gasteiger partial charge < -0.3 is 20.5 Å². The number of carbonyl (C=O) groups excluding carboxylic acids is 1. The smallest absolute Gasteiger partial charge is 0.271 e. The number of H-pyrrole nitrogens is 1. The molecule has 1 aliphatic heterocycles. The molecular formula is C17H20N6O2. The molecule has 0 spiro atoms.